The van der Waals surface area contributed by atoms with Crippen molar-refractivity contribution in [1.29, 1.82) is 0 Å². The van der Waals surface area contributed by atoms with Crippen molar-refractivity contribution >= 4 is 40.8 Å². The van der Waals surface area contributed by atoms with E-state index in [1.54, 1.807) is 30.0 Å². The molecule has 9 heteroatoms. The van der Waals surface area contributed by atoms with Crippen molar-refractivity contribution < 1.29 is 14.3 Å². The number of ether oxygens (including phenoxy) is 1. The third kappa shape index (κ3) is 4.73. The molecule has 0 spiro atoms. The standard InChI is InChI=1S/C18H20Cl2N4O3/c1-10(25)24(2)13-5-11(6-13)15-8-17(23-22-15)21-18(26)9-27-16-4-3-12(19)7-14(16)20/h3-4,7-8,11,13H,5-6,9H2,1-2H3,(H2,21,22,23,26)/t11-,13+. The second kappa shape index (κ2) is 8.19. The predicted molar refractivity (Wildman–Crippen MR) is 103 cm³/mol. The van der Waals surface area contributed by atoms with Gasteiger partial charge in [0.1, 0.15) is 11.6 Å². The molecule has 1 aliphatic carbocycles. The molecular weight excluding hydrogens is 391 g/mol. The van der Waals surface area contributed by atoms with Crippen molar-refractivity contribution in [2.45, 2.75) is 31.7 Å². The zero-order valence-corrected chi connectivity index (χ0v) is 16.5. The number of carbonyl (C=O) groups is 2. The molecule has 7 nitrogen and oxygen atoms in total. The Morgan fingerprint density at radius 2 is 2.07 bits per heavy atom. The first-order chi connectivity index (χ1) is 12.8. The van der Waals surface area contributed by atoms with Gasteiger partial charge in [0.05, 0.1) is 10.7 Å². The van der Waals surface area contributed by atoms with E-state index < -0.39 is 0 Å². The van der Waals surface area contributed by atoms with Gasteiger partial charge in [0.15, 0.2) is 6.61 Å². The van der Waals surface area contributed by atoms with E-state index in [9.17, 15) is 9.59 Å². The van der Waals surface area contributed by atoms with Gasteiger partial charge in [0.2, 0.25) is 5.91 Å². The van der Waals surface area contributed by atoms with Gasteiger partial charge in [-0.3, -0.25) is 14.7 Å². The molecule has 1 aromatic carbocycles. The molecule has 3 rings (SSSR count). The lowest BCUT2D eigenvalue weighted by atomic mass is 9.77. The Bertz CT molecular complexity index is 849. The van der Waals surface area contributed by atoms with E-state index in [0.29, 0.717) is 21.6 Å². The molecule has 1 saturated carbocycles. The summed E-state index contributed by atoms with van der Waals surface area (Å²) in [5.41, 5.74) is 0.875. The van der Waals surface area contributed by atoms with Gasteiger partial charge in [-0.2, -0.15) is 5.10 Å². The number of anilines is 1. The quantitative estimate of drug-likeness (QED) is 0.762. The van der Waals surface area contributed by atoms with E-state index >= 15 is 0 Å². The zero-order chi connectivity index (χ0) is 19.6. The van der Waals surface area contributed by atoms with Gasteiger partial charge in [-0.15, -0.1) is 0 Å². The van der Waals surface area contributed by atoms with Crippen molar-refractivity contribution in [1.82, 2.24) is 15.1 Å². The number of rotatable bonds is 6. The Balaban J connectivity index is 1.48. The first-order valence-corrected chi connectivity index (χ1v) is 9.25. The number of benzene rings is 1. The summed E-state index contributed by atoms with van der Waals surface area (Å²) in [6, 6.07) is 6.85. The van der Waals surface area contributed by atoms with Gasteiger partial charge in [-0.05, 0) is 31.0 Å². The van der Waals surface area contributed by atoms with Crippen LogP contribution in [0.15, 0.2) is 24.3 Å². The monoisotopic (exact) mass is 410 g/mol. The Labute approximate surface area is 167 Å². The van der Waals surface area contributed by atoms with Crippen molar-refractivity contribution in [2.24, 2.45) is 0 Å². The van der Waals surface area contributed by atoms with E-state index in [0.717, 1.165) is 18.5 Å². The van der Waals surface area contributed by atoms with Crippen molar-refractivity contribution in [3.63, 3.8) is 0 Å². The number of amides is 2. The highest BCUT2D eigenvalue weighted by molar-refractivity contribution is 6.35. The van der Waals surface area contributed by atoms with E-state index in [-0.39, 0.29) is 30.4 Å². The Morgan fingerprint density at radius 3 is 2.74 bits per heavy atom. The molecule has 27 heavy (non-hydrogen) atoms. The molecule has 2 aromatic rings. The highest BCUT2D eigenvalue weighted by atomic mass is 35.5. The van der Waals surface area contributed by atoms with Crippen LogP contribution in [-0.4, -0.2) is 46.6 Å². The molecule has 1 fully saturated rings. The maximum Gasteiger partial charge on any atom is 0.263 e. The highest BCUT2D eigenvalue weighted by Crippen LogP contribution is 2.39. The fraction of sp³-hybridized carbons (Fsp3) is 0.389. The van der Waals surface area contributed by atoms with E-state index in [2.05, 4.69) is 15.5 Å². The molecule has 2 N–H and O–H groups in total. The Kier molecular flexibility index (Phi) is 5.92. The van der Waals surface area contributed by atoms with Crippen molar-refractivity contribution in [3.05, 3.63) is 40.0 Å². The smallest absolute Gasteiger partial charge is 0.263 e. The summed E-state index contributed by atoms with van der Waals surface area (Å²) in [6.07, 6.45) is 1.74. The molecule has 2 amide bonds. The minimum absolute atomic E-state index is 0.0641. The van der Waals surface area contributed by atoms with Crippen LogP contribution in [0.1, 0.15) is 31.4 Å². The summed E-state index contributed by atoms with van der Waals surface area (Å²) < 4.78 is 5.40. The van der Waals surface area contributed by atoms with Crippen LogP contribution in [0.2, 0.25) is 10.0 Å². The zero-order valence-electron chi connectivity index (χ0n) is 15.0. The number of halogens is 2. The molecule has 0 atom stereocenters. The largest absolute Gasteiger partial charge is 0.482 e. The summed E-state index contributed by atoms with van der Waals surface area (Å²) in [4.78, 5) is 25.2. The SMILES string of the molecule is CC(=O)N(C)[C@H]1C[C@@H](c2cc(NC(=O)COc3ccc(Cl)cc3Cl)[nH]n2)C1. The lowest BCUT2D eigenvalue weighted by Crippen LogP contribution is -2.43. The lowest BCUT2D eigenvalue weighted by molar-refractivity contribution is -0.131. The third-order valence-electron chi connectivity index (χ3n) is 4.70. The predicted octanol–water partition coefficient (Wildman–Crippen LogP) is 3.46. The summed E-state index contributed by atoms with van der Waals surface area (Å²) in [5.74, 6) is 0.900. The van der Waals surface area contributed by atoms with Gasteiger partial charge in [0, 0.05) is 37.0 Å². The molecule has 144 valence electrons. The number of hydrogen-bond acceptors (Lipinski definition) is 4. The second-order valence-electron chi connectivity index (χ2n) is 6.57. The van der Waals surface area contributed by atoms with Crippen LogP contribution in [0.25, 0.3) is 0 Å². The first-order valence-electron chi connectivity index (χ1n) is 8.50. The van der Waals surface area contributed by atoms with Gasteiger partial charge < -0.3 is 15.0 Å². The molecule has 0 saturated heterocycles. The number of nitrogens with zero attached hydrogens (tertiary/aromatic N) is 2. The maximum absolute atomic E-state index is 12.0. The van der Waals surface area contributed by atoms with Crippen LogP contribution in [-0.2, 0) is 9.59 Å². The number of aromatic nitrogens is 2. The normalized spacial score (nSPS) is 18.5. The summed E-state index contributed by atoms with van der Waals surface area (Å²) >= 11 is 11.8. The van der Waals surface area contributed by atoms with Gasteiger partial charge in [-0.25, -0.2) is 0 Å². The molecular formula is C18H20Cl2N4O3. The van der Waals surface area contributed by atoms with Gasteiger partial charge >= 0.3 is 0 Å². The fourth-order valence-electron chi connectivity index (χ4n) is 2.93. The van der Waals surface area contributed by atoms with Gasteiger partial charge in [0.25, 0.3) is 5.91 Å². The van der Waals surface area contributed by atoms with E-state index in [1.165, 1.54) is 0 Å². The summed E-state index contributed by atoms with van der Waals surface area (Å²) in [5, 5.41) is 10.6. The number of aromatic amines is 1. The third-order valence-corrected chi connectivity index (χ3v) is 5.23. The number of carbonyl (C=O) groups excluding carboxylic acids is 2. The highest BCUT2D eigenvalue weighted by Gasteiger charge is 2.35. The molecule has 0 aliphatic heterocycles. The topological polar surface area (TPSA) is 87.3 Å². The summed E-state index contributed by atoms with van der Waals surface area (Å²) in [7, 11) is 1.81. The molecule has 1 aliphatic rings. The minimum Gasteiger partial charge on any atom is -0.482 e. The van der Waals surface area contributed by atoms with Gasteiger partial charge in [-0.1, -0.05) is 23.2 Å². The molecule has 0 radical (unpaired) electrons. The summed E-state index contributed by atoms with van der Waals surface area (Å²) in [6.45, 7) is 1.37. The van der Waals surface area contributed by atoms with Crippen LogP contribution >= 0.6 is 23.2 Å². The van der Waals surface area contributed by atoms with E-state index in [1.807, 2.05) is 13.1 Å². The minimum atomic E-state index is -0.334. The van der Waals surface area contributed by atoms with Crippen molar-refractivity contribution in [2.75, 3.05) is 19.0 Å². The lowest BCUT2D eigenvalue weighted by Gasteiger charge is -2.40. The van der Waals surface area contributed by atoms with Crippen LogP contribution in [0.4, 0.5) is 5.82 Å². The molecule has 0 unspecified atom stereocenters. The average molecular weight is 411 g/mol. The number of hydrogen-bond donors (Lipinski definition) is 2. The first kappa shape index (κ1) is 19.5. The van der Waals surface area contributed by atoms with Crippen LogP contribution in [0.3, 0.4) is 0 Å². The number of nitrogens with one attached hydrogen (secondary N) is 2. The van der Waals surface area contributed by atoms with Crippen LogP contribution < -0.4 is 10.1 Å². The Morgan fingerprint density at radius 1 is 1.33 bits per heavy atom. The van der Waals surface area contributed by atoms with E-state index in [4.69, 9.17) is 27.9 Å². The number of H-pyrrole nitrogens is 1. The fourth-order valence-corrected chi connectivity index (χ4v) is 3.40. The van der Waals surface area contributed by atoms with Crippen LogP contribution in [0.5, 0.6) is 5.75 Å². The molecule has 1 heterocycles. The van der Waals surface area contributed by atoms with Crippen molar-refractivity contribution in [3.8, 4) is 5.75 Å². The van der Waals surface area contributed by atoms with Crippen LogP contribution in [0, 0.1) is 0 Å². The molecule has 1 aromatic heterocycles. The maximum atomic E-state index is 12.0. The Hall–Kier alpha value is -2.25. The molecule has 0 bridgehead atoms. The average Bonchev–Trinajstić information content (AvgIpc) is 3.00. The second-order valence-corrected chi connectivity index (χ2v) is 7.41.